The number of benzene rings is 1. The maximum Gasteiger partial charge on any atom is 0.254 e. The van der Waals surface area contributed by atoms with Crippen LogP contribution in [0.25, 0.3) is 11.0 Å². The van der Waals surface area contributed by atoms with Gasteiger partial charge in [0.05, 0.1) is 13.1 Å². The molecule has 1 atom stereocenters. The Hall–Kier alpha value is -2.41. The summed E-state index contributed by atoms with van der Waals surface area (Å²) in [6, 6.07) is 4.25. The third-order valence-electron chi connectivity index (χ3n) is 4.75. The van der Waals surface area contributed by atoms with Crippen molar-refractivity contribution in [1.82, 2.24) is 10.2 Å². The van der Waals surface area contributed by atoms with Gasteiger partial charge in [-0.15, -0.1) is 0 Å². The lowest BCUT2D eigenvalue weighted by molar-refractivity contribution is -0.150. The van der Waals surface area contributed by atoms with Crippen LogP contribution in [0.15, 0.2) is 22.6 Å². The van der Waals surface area contributed by atoms with Crippen LogP contribution < -0.4 is 5.32 Å². The average Bonchev–Trinajstić information content (AvgIpc) is 2.88. The van der Waals surface area contributed by atoms with E-state index < -0.39 is 11.5 Å². The maximum absolute atomic E-state index is 13.4. The zero-order valence-electron chi connectivity index (χ0n) is 14.3. The number of rotatable bonds is 3. The number of likely N-dealkylation sites (tertiary alicyclic amines) is 1. The summed E-state index contributed by atoms with van der Waals surface area (Å²) >= 11 is 0. The average molecular weight is 348 g/mol. The second-order valence-electron chi connectivity index (χ2n) is 6.55. The van der Waals surface area contributed by atoms with Crippen LogP contribution in [0.2, 0.25) is 0 Å². The molecule has 2 amide bonds. The summed E-state index contributed by atoms with van der Waals surface area (Å²) in [5.74, 6) is -0.546. The molecule has 6 nitrogen and oxygen atoms in total. The first kappa shape index (κ1) is 17.4. The van der Waals surface area contributed by atoms with Gasteiger partial charge in [0.25, 0.3) is 5.91 Å². The molecule has 0 spiro atoms. The molecule has 3 rings (SSSR count). The fourth-order valence-electron chi connectivity index (χ4n) is 3.23. The van der Waals surface area contributed by atoms with E-state index in [1.807, 2.05) is 0 Å². The first-order valence-corrected chi connectivity index (χ1v) is 8.24. The molecule has 1 fully saturated rings. The van der Waals surface area contributed by atoms with Crippen LogP contribution in [-0.2, 0) is 16.1 Å². The molecule has 1 saturated heterocycles. The smallest absolute Gasteiger partial charge is 0.254 e. The minimum absolute atomic E-state index is 0.0154. The van der Waals surface area contributed by atoms with Crippen molar-refractivity contribution >= 4 is 22.8 Å². The maximum atomic E-state index is 13.4. The van der Waals surface area contributed by atoms with Gasteiger partial charge >= 0.3 is 0 Å². The van der Waals surface area contributed by atoms with E-state index in [1.54, 1.807) is 13.0 Å². The van der Waals surface area contributed by atoms with Crippen molar-refractivity contribution in [3.8, 4) is 0 Å². The van der Waals surface area contributed by atoms with E-state index in [4.69, 9.17) is 4.42 Å². The molecule has 2 heterocycles. The normalized spacial score (nSPS) is 20.7. The van der Waals surface area contributed by atoms with Crippen molar-refractivity contribution in [2.45, 2.75) is 38.8 Å². The molecule has 1 aliphatic rings. The van der Waals surface area contributed by atoms with Crippen molar-refractivity contribution in [1.29, 1.82) is 0 Å². The molecular weight excluding hydrogens is 327 g/mol. The molecule has 134 valence electrons. The van der Waals surface area contributed by atoms with Gasteiger partial charge in [0.1, 0.15) is 17.2 Å². The number of aliphatic hydroxyl groups is 1. The van der Waals surface area contributed by atoms with Crippen LogP contribution in [0.5, 0.6) is 0 Å². The number of aryl methyl sites for hydroxylation is 1. The Balaban J connectivity index is 1.72. The van der Waals surface area contributed by atoms with Crippen molar-refractivity contribution < 1.29 is 23.5 Å². The number of hydrogen-bond acceptors (Lipinski definition) is 4. The molecule has 0 saturated carbocycles. The summed E-state index contributed by atoms with van der Waals surface area (Å²) in [5.41, 5.74) is -0.311. The lowest BCUT2D eigenvalue weighted by Crippen LogP contribution is -2.57. The molecule has 0 aliphatic carbocycles. The van der Waals surface area contributed by atoms with Crippen molar-refractivity contribution in [2.75, 3.05) is 13.1 Å². The quantitative estimate of drug-likeness (QED) is 0.887. The van der Waals surface area contributed by atoms with E-state index in [0.29, 0.717) is 36.1 Å². The number of nitrogens with zero attached hydrogens (tertiary/aromatic N) is 1. The summed E-state index contributed by atoms with van der Waals surface area (Å²) in [7, 11) is 0. The number of piperidine rings is 1. The summed E-state index contributed by atoms with van der Waals surface area (Å²) < 4.78 is 19.0. The standard InChI is InChI=1S/C18H21FN2O4/c1-11-14-8-13(19)4-5-15(14)25-16(11)9-20-17(23)18(24)6-3-7-21(10-18)12(2)22/h4-5,8,24H,3,6-7,9-10H2,1-2H3,(H,20,23)/t18-/m1/s1. The van der Waals surface area contributed by atoms with Crippen molar-refractivity contribution in [3.05, 3.63) is 35.3 Å². The van der Waals surface area contributed by atoms with E-state index in [-0.39, 0.29) is 24.8 Å². The minimum atomic E-state index is -1.60. The van der Waals surface area contributed by atoms with E-state index in [0.717, 1.165) is 5.56 Å². The fourth-order valence-corrected chi connectivity index (χ4v) is 3.23. The SMILES string of the molecule is CC(=O)N1CCC[C@](O)(C(=O)NCc2oc3ccc(F)cc3c2C)C1. The number of halogens is 1. The predicted octanol–water partition coefficient (Wildman–Crippen LogP) is 1.87. The molecular formula is C18H21FN2O4. The number of nitrogens with one attached hydrogen (secondary N) is 1. The number of furan rings is 1. The highest BCUT2D eigenvalue weighted by atomic mass is 19.1. The van der Waals surface area contributed by atoms with Crippen LogP contribution in [0.1, 0.15) is 31.1 Å². The predicted molar refractivity (Wildman–Crippen MR) is 89.2 cm³/mol. The number of fused-ring (bicyclic) bond motifs is 1. The highest BCUT2D eigenvalue weighted by Gasteiger charge is 2.41. The van der Waals surface area contributed by atoms with Gasteiger partial charge < -0.3 is 19.7 Å². The van der Waals surface area contributed by atoms with Crippen molar-refractivity contribution in [2.24, 2.45) is 0 Å². The monoisotopic (exact) mass is 348 g/mol. The first-order chi connectivity index (χ1) is 11.8. The van der Waals surface area contributed by atoms with Crippen LogP contribution in [0.4, 0.5) is 4.39 Å². The zero-order valence-corrected chi connectivity index (χ0v) is 14.3. The molecule has 25 heavy (non-hydrogen) atoms. The van der Waals surface area contributed by atoms with E-state index in [9.17, 15) is 19.1 Å². The molecule has 2 N–H and O–H groups in total. The molecule has 2 aromatic rings. The Morgan fingerprint density at radius 2 is 2.20 bits per heavy atom. The zero-order chi connectivity index (χ0) is 18.2. The number of hydrogen-bond donors (Lipinski definition) is 2. The van der Waals surface area contributed by atoms with Crippen LogP contribution >= 0.6 is 0 Å². The molecule has 0 radical (unpaired) electrons. The first-order valence-electron chi connectivity index (χ1n) is 8.24. The van der Waals surface area contributed by atoms with E-state index >= 15 is 0 Å². The Bertz CT molecular complexity index is 832. The summed E-state index contributed by atoms with van der Waals surface area (Å²) in [6.45, 7) is 3.82. The molecule has 1 aromatic heterocycles. The second-order valence-corrected chi connectivity index (χ2v) is 6.55. The highest BCUT2D eigenvalue weighted by molar-refractivity contribution is 5.87. The molecule has 0 bridgehead atoms. The Labute approximate surface area is 144 Å². The van der Waals surface area contributed by atoms with Gasteiger partial charge in [-0.1, -0.05) is 0 Å². The molecule has 1 aromatic carbocycles. The Morgan fingerprint density at radius 1 is 1.44 bits per heavy atom. The molecule has 1 aliphatic heterocycles. The van der Waals surface area contributed by atoms with Gasteiger partial charge in [0.15, 0.2) is 5.60 Å². The van der Waals surface area contributed by atoms with Gasteiger partial charge in [-0.3, -0.25) is 9.59 Å². The largest absolute Gasteiger partial charge is 0.459 e. The summed E-state index contributed by atoms with van der Waals surface area (Å²) in [5, 5.41) is 13.9. The van der Waals surface area contributed by atoms with Gasteiger partial charge in [0.2, 0.25) is 5.91 Å². The lowest BCUT2D eigenvalue weighted by atomic mass is 9.91. The minimum Gasteiger partial charge on any atom is -0.459 e. The number of amides is 2. The van der Waals surface area contributed by atoms with Crippen molar-refractivity contribution in [3.63, 3.8) is 0 Å². The topological polar surface area (TPSA) is 82.8 Å². The molecule has 7 heteroatoms. The molecule has 0 unspecified atom stereocenters. The summed E-state index contributed by atoms with van der Waals surface area (Å²) in [4.78, 5) is 25.4. The van der Waals surface area contributed by atoms with E-state index in [1.165, 1.54) is 24.0 Å². The fraction of sp³-hybridized carbons (Fsp3) is 0.444. The second kappa shape index (κ2) is 6.48. The van der Waals surface area contributed by atoms with Crippen LogP contribution in [0, 0.1) is 12.7 Å². The van der Waals surface area contributed by atoms with E-state index in [2.05, 4.69) is 5.32 Å². The Kier molecular flexibility index (Phi) is 4.51. The van der Waals surface area contributed by atoms with Crippen LogP contribution in [-0.4, -0.2) is 40.5 Å². The van der Waals surface area contributed by atoms with Crippen LogP contribution in [0.3, 0.4) is 0 Å². The van der Waals surface area contributed by atoms with Gasteiger partial charge in [-0.05, 0) is 38.0 Å². The van der Waals surface area contributed by atoms with Gasteiger partial charge in [-0.25, -0.2) is 4.39 Å². The third kappa shape index (κ3) is 3.37. The van der Waals surface area contributed by atoms with Gasteiger partial charge in [-0.2, -0.15) is 0 Å². The highest BCUT2D eigenvalue weighted by Crippen LogP contribution is 2.26. The van der Waals surface area contributed by atoms with Gasteiger partial charge in [0, 0.05) is 24.4 Å². The lowest BCUT2D eigenvalue weighted by Gasteiger charge is -2.37. The number of carbonyl (C=O) groups excluding carboxylic acids is 2. The Morgan fingerprint density at radius 3 is 2.92 bits per heavy atom. The number of β-amino-alcohol motifs (C(OH)–C–C–N with tert-alkyl or cyclic N) is 1. The third-order valence-corrected chi connectivity index (χ3v) is 4.75. The summed E-state index contributed by atoms with van der Waals surface area (Å²) in [6.07, 6.45) is 0.860. The number of carbonyl (C=O) groups is 2.